The van der Waals surface area contributed by atoms with Crippen LogP contribution in [0.3, 0.4) is 0 Å². The second kappa shape index (κ2) is 6.87. The number of aromatic nitrogens is 1. The largest absolute Gasteiger partial charge is 0.465 e. The predicted octanol–water partition coefficient (Wildman–Crippen LogP) is 1.76. The molecule has 0 saturated heterocycles. The number of carbonyl (C=O) groups is 2. The Bertz CT molecular complexity index is 412. The van der Waals surface area contributed by atoms with Gasteiger partial charge in [-0.1, -0.05) is 0 Å². The van der Waals surface area contributed by atoms with Gasteiger partial charge in [0.25, 0.3) is 0 Å². The summed E-state index contributed by atoms with van der Waals surface area (Å²) in [6.07, 6.45) is 3.46. The topological polar surface area (TPSA) is 65.5 Å². The van der Waals surface area contributed by atoms with Crippen LogP contribution >= 0.6 is 0 Å². The molecule has 0 aliphatic heterocycles. The second-order valence-corrected chi connectivity index (χ2v) is 4.31. The van der Waals surface area contributed by atoms with Crippen LogP contribution in [0.5, 0.6) is 0 Å². The number of esters is 2. The first-order valence-electron chi connectivity index (χ1n) is 6.28. The fourth-order valence-electron chi connectivity index (χ4n) is 1.72. The molecule has 0 bridgehead atoms. The van der Waals surface area contributed by atoms with Crippen molar-refractivity contribution in [1.29, 1.82) is 0 Å². The number of hydrogen-bond acceptors (Lipinski definition) is 5. The lowest BCUT2D eigenvalue weighted by Crippen LogP contribution is -2.41. The molecule has 1 aromatic rings. The summed E-state index contributed by atoms with van der Waals surface area (Å²) in [6, 6.07) is 3.52. The van der Waals surface area contributed by atoms with Crippen molar-refractivity contribution in [2.24, 2.45) is 5.41 Å². The Morgan fingerprint density at radius 2 is 1.58 bits per heavy atom. The summed E-state index contributed by atoms with van der Waals surface area (Å²) >= 11 is 0. The number of hydrogen-bond donors (Lipinski definition) is 0. The zero-order chi connectivity index (χ0) is 14.3. The van der Waals surface area contributed by atoms with Crippen molar-refractivity contribution in [1.82, 2.24) is 4.98 Å². The fourth-order valence-corrected chi connectivity index (χ4v) is 1.72. The zero-order valence-electron chi connectivity index (χ0n) is 11.5. The summed E-state index contributed by atoms with van der Waals surface area (Å²) in [4.78, 5) is 28.0. The summed E-state index contributed by atoms with van der Waals surface area (Å²) < 4.78 is 9.98. The van der Waals surface area contributed by atoms with E-state index in [1.807, 2.05) is 0 Å². The summed E-state index contributed by atoms with van der Waals surface area (Å²) in [7, 11) is 0. The molecule has 1 aromatic heterocycles. The van der Waals surface area contributed by atoms with Gasteiger partial charge in [0.1, 0.15) is 0 Å². The maximum atomic E-state index is 12.0. The van der Waals surface area contributed by atoms with Crippen molar-refractivity contribution < 1.29 is 19.1 Å². The van der Waals surface area contributed by atoms with Crippen LogP contribution in [0.25, 0.3) is 0 Å². The highest BCUT2D eigenvalue weighted by atomic mass is 16.6. The number of rotatable bonds is 6. The number of ether oxygens (including phenoxy) is 2. The van der Waals surface area contributed by atoms with Crippen LogP contribution in [0.4, 0.5) is 0 Å². The van der Waals surface area contributed by atoms with Crippen LogP contribution in [0.15, 0.2) is 24.5 Å². The molecule has 19 heavy (non-hydrogen) atoms. The van der Waals surface area contributed by atoms with E-state index >= 15 is 0 Å². The molecule has 0 fully saturated rings. The maximum absolute atomic E-state index is 12.0. The molecule has 0 unspecified atom stereocenters. The first kappa shape index (κ1) is 15.1. The van der Waals surface area contributed by atoms with E-state index in [1.54, 1.807) is 45.3 Å². The van der Waals surface area contributed by atoms with E-state index in [0.29, 0.717) is 0 Å². The summed E-state index contributed by atoms with van der Waals surface area (Å²) in [5, 5.41) is 0. The molecule has 0 saturated carbocycles. The van der Waals surface area contributed by atoms with Gasteiger partial charge in [-0.25, -0.2) is 0 Å². The molecule has 1 heterocycles. The molecular weight excluding hydrogens is 246 g/mol. The van der Waals surface area contributed by atoms with Crippen LogP contribution in [0.1, 0.15) is 26.3 Å². The Kier molecular flexibility index (Phi) is 5.48. The highest BCUT2D eigenvalue weighted by molar-refractivity contribution is 5.99. The van der Waals surface area contributed by atoms with E-state index in [9.17, 15) is 9.59 Å². The molecule has 0 spiro atoms. The van der Waals surface area contributed by atoms with E-state index in [-0.39, 0.29) is 19.6 Å². The summed E-state index contributed by atoms with van der Waals surface area (Å²) in [5.74, 6) is -1.13. The Hall–Kier alpha value is -1.91. The van der Waals surface area contributed by atoms with Crippen LogP contribution in [-0.2, 0) is 25.5 Å². The number of carbonyl (C=O) groups excluding carboxylic acids is 2. The van der Waals surface area contributed by atoms with Crippen molar-refractivity contribution in [3.8, 4) is 0 Å². The lowest BCUT2D eigenvalue weighted by molar-refractivity contribution is -0.170. The molecule has 0 aliphatic rings. The zero-order valence-corrected chi connectivity index (χ0v) is 11.5. The van der Waals surface area contributed by atoms with Crippen molar-refractivity contribution in [2.75, 3.05) is 13.2 Å². The van der Waals surface area contributed by atoms with Crippen LogP contribution in [-0.4, -0.2) is 30.1 Å². The van der Waals surface area contributed by atoms with Crippen molar-refractivity contribution in [3.63, 3.8) is 0 Å². The lowest BCUT2D eigenvalue weighted by Gasteiger charge is -2.24. The molecule has 5 heteroatoms. The Morgan fingerprint density at radius 1 is 1.11 bits per heavy atom. The Labute approximate surface area is 112 Å². The van der Waals surface area contributed by atoms with Crippen molar-refractivity contribution in [3.05, 3.63) is 30.1 Å². The van der Waals surface area contributed by atoms with E-state index in [4.69, 9.17) is 9.47 Å². The first-order chi connectivity index (χ1) is 9.04. The smallest absolute Gasteiger partial charge is 0.323 e. The lowest BCUT2D eigenvalue weighted by atomic mass is 9.84. The standard InChI is InChI=1S/C14H19NO4/c1-4-18-12(16)14(3,13(17)19-5-2)10-11-6-8-15-9-7-11/h6-9H,4-5,10H2,1-3H3. The average molecular weight is 265 g/mol. The van der Waals surface area contributed by atoms with Crippen LogP contribution in [0, 0.1) is 5.41 Å². The molecule has 0 aliphatic carbocycles. The van der Waals surface area contributed by atoms with Gasteiger partial charge in [-0.05, 0) is 44.9 Å². The molecular formula is C14H19NO4. The summed E-state index contributed by atoms with van der Waals surface area (Å²) in [5.41, 5.74) is -0.494. The minimum absolute atomic E-state index is 0.226. The predicted molar refractivity (Wildman–Crippen MR) is 69.3 cm³/mol. The molecule has 0 N–H and O–H groups in total. The molecule has 0 atom stereocenters. The van der Waals surface area contributed by atoms with Crippen molar-refractivity contribution in [2.45, 2.75) is 27.2 Å². The SMILES string of the molecule is CCOC(=O)C(C)(Cc1ccncc1)C(=O)OCC. The molecule has 5 nitrogen and oxygen atoms in total. The third-order valence-corrected chi connectivity index (χ3v) is 2.76. The quantitative estimate of drug-likeness (QED) is 0.579. The molecule has 0 radical (unpaired) electrons. The first-order valence-corrected chi connectivity index (χ1v) is 6.28. The molecule has 104 valence electrons. The minimum Gasteiger partial charge on any atom is -0.465 e. The number of nitrogens with zero attached hydrogens (tertiary/aromatic N) is 1. The van der Waals surface area contributed by atoms with Gasteiger partial charge in [-0.15, -0.1) is 0 Å². The van der Waals surface area contributed by atoms with Gasteiger partial charge in [0.05, 0.1) is 13.2 Å². The van der Waals surface area contributed by atoms with Gasteiger partial charge in [-0.3, -0.25) is 14.6 Å². The van der Waals surface area contributed by atoms with Gasteiger partial charge < -0.3 is 9.47 Å². The van der Waals surface area contributed by atoms with Crippen molar-refractivity contribution >= 4 is 11.9 Å². The van der Waals surface area contributed by atoms with E-state index in [0.717, 1.165) is 5.56 Å². The number of pyridine rings is 1. The maximum Gasteiger partial charge on any atom is 0.323 e. The molecule has 1 rings (SSSR count). The summed E-state index contributed by atoms with van der Waals surface area (Å²) in [6.45, 7) is 5.41. The van der Waals surface area contributed by atoms with Gasteiger partial charge in [-0.2, -0.15) is 0 Å². The monoisotopic (exact) mass is 265 g/mol. The highest BCUT2D eigenvalue weighted by Gasteiger charge is 2.44. The minimum atomic E-state index is -1.33. The van der Waals surface area contributed by atoms with E-state index < -0.39 is 17.4 Å². The second-order valence-electron chi connectivity index (χ2n) is 4.31. The normalized spacial score (nSPS) is 10.9. The van der Waals surface area contributed by atoms with Gasteiger partial charge in [0.15, 0.2) is 5.41 Å². The average Bonchev–Trinajstić information content (AvgIpc) is 2.40. The van der Waals surface area contributed by atoms with Gasteiger partial charge in [0, 0.05) is 12.4 Å². The van der Waals surface area contributed by atoms with Crippen LogP contribution < -0.4 is 0 Å². The van der Waals surface area contributed by atoms with E-state index in [1.165, 1.54) is 0 Å². The fraction of sp³-hybridized carbons (Fsp3) is 0.500. The van der Waals surface area contributed by atoms with Gasteiger partial charge >= 0.3 is 11.9 Å². The molecule has 0 amide bonds. The highest BCUT2D eigenvalue weighted by Crippen LogP contribution is 2.26. The Morgan fingerprint density at radius 3 is 2.00 bits per heavy atom. The molecule has 0 aromatic carbocycles. The third kappa shape index (κ3) is 3.77. The van der Waals surface area contributed by atoms with Crippen LogP contribution in [0.2, 0.25) is 0 Å². The van der Waals surface area contributed by atoms with Gasteiger partial charge in [0.2, 0.25) is 0 Å². The Balaban J connectivity index is 2.98. The third-order valence-electron chi connectivity index (χ3n) is 2.76. The van der Waals surface area contributed by atoms with E-state index in [2.05, 4.69) is 4.98 Å².